The van der Waals surface area contributed by atoms with E-state index in [0.29, 0.717) is 5.92 Å². The Morgan fingerprint density at radius 3 is 2.43 bits per heavy atom. The first-order chi connectivity index (χ1) is 6.68. The molecule has 2 heteroatoms. The molecule has 0 spiro atoms. The minimum absolute atomic E-state index is 0.577. The van der Waals surface area contributed by atoms with Gasteiger partial charge in [-0.2, -0.15) is 0 Å². The molecule has 0 N–H and O–H groups in total. The summed E-state index contributed by atoms with van der Waals surface area (Å²) in [6.07, 6.45) is 1.31. The minimum atomic E-state index is 0.577. The Morgan fingerprint density at radius 1 is 1.29 bits per heavy atom. The van der Waals surface area contributed by atoms with Gasteiger partial charge in [-0.25, -0.2) is 4.98 Å². The number of rotatable bonds is 2. The van der Waals surface area contributed by atoms with Gasteiger partial charge in [0, 0.05) is 18.8 Å². The fourth-order valence-corrected chi connectivity index (χ4v) is 1.89. The molecule has 1 fully saturated rings. The van der Waals surface area contributed by atoms with Gasteiger partial charge in [-0.3, -0.25) is 0 Å². The molecular formula is C12H18N2. The molecule has 1 aliphatic heterocycles. The van der Waals surface area contributed by atoms with E-state index in [9.17, 15) is 0 Å². The van der Waals surface area contributed by atoms with Gasteiger partial charge in [0.25, 0.3) is 0 Å². The SMILES string of the molecule is Cc1nc(N2CCC2)ccc1C(C)C. The third kappa shape index (κ3) is 1.61. The second kappa shape index (κ2) is 3.60. The highest BCUT2D eigenvalue weighted by Gasteiger charge is 2.16. The van der Waals surface area contributed by atoms with Crippen LogP contribution in [0.5, 0.6) is 0 Å². The van der Waals surface area contributed by atoms with Crippen molar-refractivity contribution in [1.29, 1.82) is 0 Å². The molecule has 0 atom stereocenters. The third-order valence-corrected chi connectivity index (χ3v) is 2.91. The monoisotopic (exact) mass is 190 g/mol. The lowest BCUT2D eigenvalue weighted by molar-refractivity contribution is 0.608. The van der Waals surface area contributed by atoms with Gasteiger partial charge in [-0.15, -0.1) is 0 Å². The normalized spacial score (nSPS) is 15.9. The highest BCUT2D eigenvalue weighted by atomic mass is 15.2. The highest BCUT2D eigenvalue weighted by molar-refractivity contribution is 5.44. The Bertz CT molecular complexity index is 327. The van der Waals surface area contributed by atoms with Crippen molar-refractivity contribution in [3.8, 4) is 0 Å². The summed E-state index contributed by atoms with van der Waals surface area (Å²) in [6, 6.07) is 4.38. The van der Waals surface area contributed by atoms with Crippen LogP contribution in [0.2, 0.25) is 0 Å². The van der Waals surface area contributed by atoms with E-state index >= 15 is 0 Å². The molecule has 2 nitrogen and oxygen atoms in total. The van der Waals surface area contributed by atoms with Gasteiger partial charge >= 0.3 is 0 Å². The predicted octanol–water partition coefficient (Wildman–Crippen LogP) is 2.72. The number of anilines is 1. The molecule has 0 amide bonds. The van der Waals surface area contributed by atoms with E-state index in [1.165, 1.54) is 30.8 Å². The maximum absolute atomic E-state index is 4.64. The van der Waals surface area contributed by atoms with Crippen LogP contribution in [0.3, 0.4) is 0 Å². The molecule has 14 heavy (non-hydrogen) atoms. The Labute approximate surface area is 86.0 Å². The summed E-state index contributed by atoms with van der Waals surface area (Å²) in [7, 11) is 0. The molecule has 0 unspecified atom stereocenters. The number of hydrogen-bond acceptors (Lipinski definition) is 2. The van der Waals surface area contributed by atoms with Crippen molar-refractivity contribution >= 4 is 5.82 Å². The van der Waals surface area contributed by atoms with Crippen LogP contribution < -0.4 is 4.90 Å². The minimum Gasteiger partial charge on any atom is -0.356 e. The van der Waals surface area contributed by atoms with E-state index in [1.807, 2.05) is 0 Å². The highest BCUT2D eigenvalue weighted by Crippen LogP contribution is 2.23. The Kier molecular flexibility index (Phi) is 2.44. The van der Waals surface area contributed by atoms with Crippen molar-refractivity contribution in [2.75, 3.05) is 18.0 Å². The first-order valence-electron chi connectivity index (χ1n) is 5.41. The zero-order valence-corrected chi connectivity index (χ0v) is 9.25. The standard InChI is InChI=1S/C12H18N2/c1-9(2)11-5-6-12(13-10(11)3)14-7-4-8-14/h5-6,9H,4,7-8H2,1-3H3. The molecule has 0 aliphatic carbocycles. The van der Waals surface area contributed by atoms with Crippen molar-refractivity contribution < 1.29 is 0 Å². The third-order valence-electron chi connectivity index (χ3n) is 2.91. The largest absolute Gasteiger partial charge is 0.356 e. The lowest BCUT2D eigenvalue weighted by Crippen LogP contribution is -2.37. The molecule has 1 aromatic heterocycles. The Hall–Kier alpha value is -1.05. The number of aromatic nitrogens is 1. The van der Waals surface area contributed by atoms with E-state index in [1.54, 1.807) is 0 Å². The molecule has 2 heterocycles. The summed E-state index contributed by atoms with van der Waals surface area (Å²) in [5, 5.41) is 0. The zero-order valence-electron chi connectivity index (χ0n) is 9.25. The molecule has 0 radical (unpaired) electrons. The fourth-order valence-electron chi connectivity index (χ4n) is 1.89. The van der Waals surface area contributed by atoms with E-state index in [-0.39, 0.29) is 0 Å². The van der Waals surface area contributed by atoms with E-state index < -0.39 is 0 Å². The molecule has 1 saturated heterocycles. The van der Waals surface area contributed by atoms with E-state index in [0.717, 1.165) is 5.82 Å². The van der Waals surface area contributed by atoms with Crippen LogP contribution in [-0.2, 0) is 0 Å². The summed E-state index contributed by atoms with van der Waals surface area (Å²) in [6.45, 7) is 8.89. The summed E-state index contributed by atoms with van der Waals surface area (Å²) < 4.78 is 0. The molecule has 1 aliphatic rings. The second-order valence-electron chi connectivity index (χ2n) is 4.34. The van der Waals surface area contributed by atoms with Crippen LogP contribution in [0.4, 0.5) is 5.82 Å². The van der Waals surface area contributed by atoms with Crippen LogP contribution >= 0.6 is 0 Å². The van der Waals surface area contributed by atoms with Gasteiger partial charge in [-0.05, 0) is 30.9 Å². The van der Waals surface area contributed by atoms with Crippen molar-refractivity contribution in [2.45, 2.75) is 33.1 Å². The molecule has 1 aromatic rings. The van der Waals surface area contributed by atoms with Crippen LogP contribution in [0.1, 0.15) is 37.4 Å². The summed E-state index contributed by atoms with van der Waals surface area (Å²) in [5.41, 5.74) is 2.55. The van der Waals surface area contributed by atoms with Gasteiger partial charge < -0.3 is 4.90 Å². The van der Waals surface area contributed by atoms with Gasteiger partial charge in [0.1, 0.15) is 5.82 Å². The molecule has 0 bridgehead atoms. The predicted molar refractivity (Wildman–Crippen MR) is 59.9 cm³/mol. The van der Waals surface area contributed by atoms with Gasteiger partial charge in [0.05, 0.1) is 0 Å². The summed E-state index contributed by atoms with van der Waals surface area (Å²) >= 11 is 0. The van der Waals surface area contributed by atoms with E-state index in [4.69, 9.17) is 0 Å². The molecule has 0 saturated carbocycles. The van der Waals surface area contributed by atoms with E-state index in [2.05, 4.69) is 42.8 Å². The van der Waals surface area contributed by atoms with Crippen LogP contribution in [-0.4, -0.2) is 18.1 Å². The number of hydrogen-bond donors (Lipinski definition) is 0. The number of aryl methyl sites for hydroxylation is 1. The molecule has 0 aromatic carbocycles. The average molecular weight is 190 g/mol. The van der Waals surface area contributed by atoms with Crippen molar-refractivity contribution in [3.05, 3.63) is 23.4 Å². The maximum atomic E-state index is 4.64. The quantitative estimate of drug-likeness (QED) is 0.713. The van der Waals surface area contributed by atoms with Crippen LogP contribution in [0.15, 0.2) is 12.1 Å². The maximum Gasteiger partial charge on any atom is 0.128 e. The first-order valence-corrected chi connectivity index (χ1v) is 5.41. The van der Waals surface area contributed by atoms with Crippen LogP contribution in [0, 0.1) is 6.92 Å². The first kappa shape index (κ1) is 9.50. The summed E-state index contributed by atoms with van der Waals surface area (Å²) in [4.78, 5) is 6.97. The Balaban J connectivity index is 2.25. The van der Waals surface area contributed by atoms with Gasteiger partial charge in [0.2, 0.25) is 0 Å². The lowest BCUT2D eigenvalue weighted by atomic mass is 10.0. The number of nitrogens with zero attached hydrogens (tertiary/aromatic N) is 2. The summed E-state index contributed by atoms with van der Waals surface area (Å²) in [5.74, 6) is 1.73. The fraction of sp³-hybridized carbons (Fsp3) is 0.583. The molecule has 76 valence electrons. The number of pyridine rings is 1. The molecular weight excluding hydrogens is 172 g/mol. The van der Waals surface area contributed by atoms with Crippen molar-refractivity contribution in [3.63, 3.8) is 0 Å². The van der Waals surface area contributed by atoms with Gasteiger partial charge in [0.15, 0.2) is 0 Å². The Morgan fingerprint density at radius 2 is 2.00 bits per heavy atom. The lowest BCUT2D eigenvalue weighted by Gasteiger charge is -2.32. The van der Waals surface area contributed by atoms with Crippen molar-refractivity contribution in [2.24, 2.45) is 0 Å². The second-order valence-corrected chi connectivity index (χ2v) is 4.34. The zero-order chi connectivity index (χ0) is 10.1. The topological polar surface area (TPSA) is 16.1 Å². The van der Waals surface area contributed by atoms with Crippen LogP contribution in [0.25, 0.3) is 0 Å². The molecule has 2 rings (SSSR count). The van der Waals surface area contributed by atoms with Gasteiger partial charge in [-0.1, -0.05) is 19.9 Å². The smallest absolute Gasteiger partial charge is 0.128 e. The van der Waals surface area contributed by atoms with Crippen molar-refractivity contribution in [1.82, 2.24) is 4.98 Å². The average Bonchev–Trinajstić information content (AvgIpc) is 2.00.